The van der Waals surface area contributed by atoms with Gasteiger partial charge in [0.15, 0.2) is 0 Å². The maximum absolute atomic E-state index is 13.7. The molecule has 0 amide bonds. The fourth-order valence-corrected chi connectivity index (χ4v) is 2.44. The summed E-state index contributed by atoms with van der Waals surface area (Å²) in [5, 5.41) is 2.87. The van der Waals surface area contributed by atoms with Crippen LogP contribution in [0, 0.1) is 11.6 Å². The van der Waals surface area contributed by atoms with E-state index in [1.165, 1.54) is 23.9 Å². The van der Waals surface area contributed by atoms with Crippen LogP contribution in [0.5, 0.6) is 0 Å². The summed E-state index contributed by atoms with van der Waals surface area (Å²) < 4.78 is 27.3. The Labute approximate surface area is 105 Å². The SMILES string of the molecule is CNCc1cc(F)c(SCCN(C)C)c(F)c1. The standard InChI is InChI=1S/C12H18F2N2S/c1-15-8-9-6-10(13)12(11(14)7-9)17-5-4-16(2)3/h6-7,15H,4-5,8H2,1-3H3. The van der Waals surface area contributed by atoms with Crippen LogP contribution in [0.3, 0.4) is 0 Å². The van der Waals surface area contributed by atoms with Gasteiger partial charge in [0, 0.05) is 18.8 Å². The van der Waals surface area contributed by atoms with Gasteiger partial charge in [-0.05, 0) is 38.8 Å². The molecule has 1 aromatic rings. The molecular weight excluding hydrogens is 242 g/mol. The lowest BCUT2D eigenvalue weighted by atomic mass is 10.2. The third-order valence-electron chi connectivity index (χ3n) is 2.22. The van der Waals surface area contributed by atoms with E-state index in [0.717, 1.165) is 6.54 Å². The van der Waals surface area contributed by atoms with Crippen LogP contribution in [-0.4, -0.2) is 38.3 Å². The maximum Gasteiger partial charge on any atom is 0.140 e. The van der Waals surface area contributed by atoms with E-state index in [-0.39, 0.29) is 4.90 Å². The van der Waals surface area contributed by atoms with Crippen molar-refractivity contribution in [3.63, 3.8) is 0 Å². The van der Waals surface area contributed by atoms with E-state index < -0.39 is 11.6 Å². The zero-order valence-corrected chi connectivity index (χ0v) is 11.2. The van der Waals surface area contributed by atoms with Crippen LogP contribution < -0.4 is 5.32 Å². The van der Waals surface area contributed by atoms with Crippen molar-refractivity contribution in [2.45, 2.75) is 11.4 Å². The Morgan fingerprint density at radius 2 is 1.82 bits per heavy atom. The molecule has 1 aromatic carbocycles. The summed E-state index contributed by atoms with van der Waals surface area (Å²) >= 11 is 1.22. The molecular formula is C12H18F2N2S. The van der Waals surface area contributed by atoms with Crippen LogP contribution in [0.25, 0.3) is 0 Å². The lowest BCUT2D eigenvalue weighted by Gasteiger charge is -2.10. The first kappa shape index (κ1) is 14.4. The van der Waals surface area contributed by atoms with Crippen molar-refractivity contribution in [2.24, 2.45) is 0 Å². The highest BCUT2D eigenvalue weighted by atomic mass is 32.2. The van der Waals surface area contributed by atoms with Gasteiger partial charge < -0.3 is 10.2 Å². The number of benzene rings is 1. The molecule has 0 aliphatic heterocycles. The van der Waals surface area contributed by atoms with E-state index in [2.05, 4.69) is 5.32 Å². The average molecular weight is 260 g/mol. The van der Waals surface area contributed by atoms with E-state index >= 15 is 0 Å². The first-order valence-electron chi connectivity index (χ1n) is 5.44. The third kappa shape index (κ3) is 4.61. The first-order valence-corrected chi connectivity index (χ1v) is 6.43. The second-order valence-electron chi connectivity index (χ2n) is 4.07. The van der Waals surface area contributed by atoms with E-state index in [0.29, 0.717) is 17.9 Å². The van der Waals surface area contributed by atoms with Gasteiger partial charge in [0.2, 0.25) is 0 Å². The molecule has 0 fully saturated rings. The minimum absolute atomic E-state index is 0.117. The molecule has 0 aromatic heterocycles. The van der Waals surface area contributed by atoms with E-state index in [9.17, 15) is 8.78 Å². The summed E-state index contributed by atoms with van der Waals surface area (Å²) in [6.45, 7) is 1.26. The zero-order valence-electron chi connectivity index (χ0n) is 10.4. The van der Waals surface area contributed by atoms with Crippen molar-refractivity contribution in [1.82, 2.24) is 10.2 Å². The molecule has 96 valence electrons. The summed E-state index contributed by atoms with van der Waals surface area (Å²) in [4.78, 5) is 2.10. The number of thioether (sulfide) groups is 1. The molecule has 0 spiro atoms. The predicted octanol–water partition coefficient (Wildman–Crippen LogP) is 2.34. The predicted molar refractivity (Wildman–Crippen MR) is 68.4 cm³/mol. The summed E-state index contributed by atoms with van der Waals surface area (Å²) in [5.41, 5.74) is 0.624. The van der Waals surface area contributed by atoms with Crippen LogP contribution in [0.15, 0.2) is 17.0 Å². The third-order valence-corrected chi connectivity index (χ3v) is 3.29. The van der Waals surface area contributed by atoms with Crippen LogP contribution in [0.2, 0.25) is 0 Å². The van der Waals surface area contributed by atoms with Gasteiger partial charge in [-0.1, -0.05) is 0 Å². The molecule has 0 atom stereocenters. The van der Waals surface area contributed by atoms with Gasteiger partial charge in [-0.25, -0.2) is 8.78 Å². The lowest BCUT2D eigenvalue weighted by Crippen LogP contribution is -2.15. The lowest BCUT2D eigenvalue weighted by molar-refractivity contribution is 0.437. The Kier molecular flexibility index (Phi) is 5.88. The van der Waals surface area contributed by atoms with Crippen molar-refractivity contribution >= 4 is 11.8 Å². The number of nitrogens with one attached hydrogen (secondary N) is 1. The molecule has 17 heavy (non-hydrogen) atoms. The first-order chi connectivity index (χ1) is 8.04. The second kappa shape index (κ2) is 6.93. The summed E-state index contributed by atoms with van der Waals surface area (Å²) in [6, 6.07) is 2.77. The normalized spacial score (nSPS) is 11.2. The quantitative estimate of drug-likeness (QED) is 0.790. The topological polar surface area (TPSA) is 15.3 Å². The maximum atomic E-state index is 13.7. The van der Waals surface area contributed by atoms with E-state index in [1.54, 1.807) is 7.05 Å². The van der Waals surface area contributed by atoms with Crippen molar-refractivity contribution in [2.75, 3.05) is 33.4 Å². The highest BCUT2D eigenvalue weighted by Crippen LogP contribution is 2.26. The minimum Gasteiger partial charge on any atom is -0.316 e. The van der Waals surface area contributed by atoms with Crippen molar-refractivity contribution in [3.8, 4) is 0 Å². The summed E-state index contributed by atoms with van der Waals surface area (Å²) in [6.07, 6.45) is 0. The van der Waals surface area contributed by atoms with Gasteiger partial charge in [-0.15, -0.1) is 11.8 Å². The number of hydrogen-bond acceptors (Lipinski definition) is 3. The van der Waals surface area contributed by atoms with Gasteiger partial charge in [0.25, 0.3) is 0 Å². The van der Waals surface area contributed by atoms with Gasteiger partial charge in [-0.3, -0.25) is 0 Å². The summed E-state index contributed by atoms with van der Waals surface area (Å²) in [7, 11) is 5.61. The molecule has 0 bridgehead atoms. The highest BCUT2D eigenvalue weighted by Gasteiger charge is 2.11. The fraction of sp³-hybridized carbons (Fsp3) is 0.500. The Balaban J connectivity index is 2.72. The Morgan fingerprint density at radius 1 is 1.24 bits per heavy atom. The average Bonchev–Trinajstić information content (AvgIpc) is 2.22. The Morgan fingerprint density at radius 3 is 2.29 bits per heavy atom. The van der Waals surface area contributed by atoms with Gasteiger partial charge in [-0.2, -0.15) is 0 Å². The Hall–Kier alpha value is -0.650. The van der Waals surface area contributed by atoms with Crippen molar-refractivity contribution in [3.05, 3.63) is 29.3 Å². The fourth-order valence-electron chi connectivity index (χ4n) is 1.39. The van der Waals surface area contributed by atoms with Gasteiger partial charge >= 0.3 is 0 Å². The van der Waals surface area contributed by atoms with Gasteiger partial charge in [0.1, 0.15) is 11.6 Å². The van der Waals surface area contributed by atoms with E-state index in [1.807, 2.05) is 19.0 Å². The largest absolute Gasteiger partial charge is 0.316 e. The number of hydrogen-bond donors (Lipinski definition) is 1. The molecule has 0 heterocycles. The Bertz CT molecular complexity index is 347. The van der Waals surface area contributed by atoms with Gasteiger partial charge in [0.05, 0.1) is 4.90 Å². The minimum atomic E-state index is -0.473. The molecule has 1 N–H and O–H groups in total. The molecule has 0 unspecified atom stereocenters. The second-order valence-corrected chi connectivity index (χ2v) is 5.18. The van der Waals surface area contributed by atoms with E-state index in [4.69, 9.17) is 0 Å². The highest BCUT2D eigenvalue weighted by molar-refractivity contribution is 7.99. The number of nitrogens with zero attached hydrogens (tertiary/aromatic N) is 1. The van der Waals surface area contributed by atoms with Crippen LogP contribution in [-0.2, 0) is 6.54 Å². The van der Waals surface area contributed by atoms with Crippen LogP contribution in [0.1, 0.15) is 5.56 Å². The van der Waals surface area contributed by atoms with Crippen molar-refractivity contribution in [1.29, 1.82) is 0 Å². The smallest absolute Gasteiger partial charge is 0.140 e. The molecule has 1 rings (SSSR count). The number of halogens is 2. The van der Waals surface area contributed by atoms with Crippen molar-refractivity contribution < 1.29 is 8.78 Å². The molecule has 0 saturated carbocycles. The zero-order chi connectivity index (χ0) is 12.8. The molecule has 0 radical (unpaired) electrons. The molecule has 0 aliphatic carbocycles. The molecule has 0 aliphatic rings. The molecule has 5 heteroatoms. The van der Waals surface area contributed by atoms with Crippen LogP contribution in [0.4, 0.5) is 8.78 Å². The summed E-state index contributed by atoms with van der Waals surface area (Å²) in [5.74, 6) is -0.273. The van der Waals surface area contributed by atoms with Crippen LogP contribution >= 0.6 is 11.8 Å². The monoisotopic (exact) mass is 260 g/mol. The molecule has 2 nitrogen and oxygen atoms in total. The molecule has 0 saturated heterocycles. The number of rotatable bonds is 6.